The predicted molar refractivity (Wildman–Crippen MR) is 128 cm³/mol. The van der Waals surface area contributed by atoms with Gasteiger partial charge in [-0.3, -0.25) is 4.79 Å². The topological polar surface area (TPSA) is 42.4 Å². The van der Waals surface area contributed by atoms with E-state index in [1.807, 2.05) is 10.3 Å². The average Bonchev–Trinajstić information content (AvgIpc) is 3.20. The third kappa shape index (κ3) is 5.86. The average molecular weight is 457 g/mol. The molecule has 0 aliphatic heterocycles. The first kappa shape index (κ1) is 23.3. The number of thiazole rings is 1. The van der Waals surface area contributed by atoms with Gasteiger partial charge >= 0.3 is 0 Å². The van der Waals surface area contributed by atoms with Crippen molar-refractivity contribution in [3.63, 3.8) is 0 Å². The minimum Gasteiger partial charge on any atom is -0.486 e. The molecular weight excluding hydrogens is 428 g/mol. The van der Waals surface area contributed by atoms with Crippen molar-refractivity contribution in [3.05, 3.63) is 79.8 Å². The van der Waals surface area contributed by atoms with Crippen molar-refractivity contribution < 1.29 is 9.53 Å². The monoisotopic (exact) mass is 456 g/mol. The van der Waals surface area contributed by atoms with Crippen molar-refractivity contribution in [1.82, 2.24) is 9.88 Å². The van der Waals surface area contributed by atoms with Gasteiger partial charge in [0.25, 0.3) is 5.91 Å². The molecule has 0 aliphatic rings. The van der Waals surface area contributed by atoms with Crippen LogP contribution in [0.25, 0.3) is 0 Å². The van der Waals surface area contributed by atoms with E-state index in [0.29, 0.717) is 23.7 Å². The number of carbonyl (C=O) groups excluding carboxylic acids is 1. The fourth-order valence-electron chi connectivity index (χ4n) is 3.36. The highest BCUT2D eigenvalue weighted by atomic mass is 35.5. The highest BCUT2D eigenvalue weighted by molar-refractivity contribution is 7.09. The first-order valence-corrected chi connectivity index (χ1v) is 11.7. The van der Waals surface area contributed by atoms with Crippen LogP contribution in [0.5, 0.6) is 5.75 Å². The van der Waals surface area contributed by atoms with E-state index in [1.54, 1.807) is 35.6 Å². The Bertz CT molecular complexity index is 1050. The summed E-state index contributed by atoms with van der Waals surface area (Å²) in [7, 11) is 0. The van der Waals surface area contributed by atoms with Crippen LogP contribution in [0.2, 0.25) is 5.02 Å². The molecule has 0 spiro atoms. The zero-order chi connectivity index (χ0) is 22.5. The Hall–Kier alpha value is -2.37. The van der Waals surface area contributed by atoms with Crippen LogP contribution in [-0.4, -0.2) is 21.8 Å². The summed E-state index contributed by atoms with van der Waals surface area (Å²) >= 11 is 7.54. The standard InChI is InChI=1S/C25H29ClN2O2S/c1-6-18(4)28(25(29)20-7-9-21(26)10-8-20)13-22-15-31-24(27-22)14-30-23-12-16(2)11-17(3)19(23)5/h7-12,15,18H,6,13-14H2,1-5H3. The maximum absolute atomic E-state index is 13.1. The molecule has 3 aromatic rings. The predicted octanol–water partition coefficient (Wildman–Crippen LogP) is 6.74. The van der Waals surface area contributed by atoms with E-state index in [0.717, 1.165) is 28.4 Å². The minimum atomic E-state index is -0.0114. The highest BCUT2D eigenvalue weighted by Gasteiger charge is 2.22. The summed E-state index contributed by atoms with van der Waals surface area (Å²) in [4.78, 5) is 19.7. The molecule has 1 unspecified atom stereocenters. The molecule has 31 heavy (non-hydrogen) atoms. The molecule has 0 bridgehead atoms. The molecule has 0 fully saturated rings. The number of benzene rings is 2. The van der Waals surface area contributed by atoms with E-state index in [4.69, 9.17) is 21.3 Å². The first-order chi connectivity index (χ1) is 14.8. The summed E-state index contributed by atoms with van der Waals surface area (Å²) in [5.74, 6) is 0.885. The largest absolute Gasteiger partial charge is 0.486 e. The number of amides is 1. The van der Waals surface area contributed by atoms with Crippen LogP contribution in [0.3, 0.4) is 0 Å². The van der Waals surface area contributed by atoms with Crippen molar-refractivity contribution in [3.8, 4) is 5.75 Å². The van der Waals surface area contributed by atoms with Crippen LogP contribution < -0.4 is 4.74 Å². The molecule has 6 heteroatoms. The van der Waals surface area contributed by atoms with Gasteiger partial charge < -0.3 is 9.64 Å². The van der Waals surface area contributed by atoms with Crippen LogP contribution in [0.15, 0.2) is 41.8 Å². The van der Waals surface area contributed by atoms with Crippen molar-refractivity contribution in [2.75, 3.05) is 0 Å². The molecule has 1 atom stereocenters. The Balaban J connectivity index is 1.71. The molecule has 0 radical (unpaired) electrons. The van der Waals surface area contributed by atoms with Gasteiger partial charge in [-0.2, -0.15) is 0 Å². The van der Waals surface area contributed by atoms with Crippen molar-refractivity contribution in [2.45, 2.75) is 60.2 Å². The molecule has 0 N–H and O–H groups in total. The van der Waals surface area contributed by atoms with Crippen LogP contribution in [0.4, 0.5) is 0 Å². The Morgan fingerprint density at radius 1 is 1.19 bits per heavy atom. The number of halogens is 1. The van der Waals surface area contributed by atoms with Crippen LogP contribution >= 0.6 is 22.9 Å². The zero-order valence-electron chi connectivity index (χ0n) is 18.7. The van der Waals surface area contributed by atoms with Crippen molar-refractivity contribution in [2.24, 2.45) is 0 Å². The number of aryl methyl sites for hydroxylation is 2. The minimum absolute atomic E-state index is 0.0114. The number of nitrogens with zero attached hydrogens (tertiary/aromatic N) is 2. The third-order valence-electron chi connectivity index (χ3n) is 5.52. The normalized spacial score (nSPS) is 11.9. The molecule has 1 aromatic heterocycles. The number of rotatable bonds is 8. The summed E-state index contributed by atoms with van der Waals surface area (Å²) in [5, 5.41) is 3.53. The number of ether oxygens (including phenoxy) is 1. The van der Waals surface area contributed by atoms with E-state index >= 15 is 0 Å². The quantitative estimate of drug-likeness (QED) is 0.376. The molecule has 3 rings (SSSR count). The number of hydrogen-bond donors (Lipinski definition) is 0. The van der Waals surface area contributed by atoms with Gasteiger partial charge in [0.05, 0.1) is 12.2 Å². The lowest BCUT2D eigenvalue weighted by Gasteiger charge is -2.28. The zero-order valence-corrected chi connectivity index (χ0v) is 20.3. The maximum Gasteiger partial charge on any atom is 0.254 e. The molecule has 1 amide bonds. The fraction of sp³-hybridized carbons (Fsp3) is 0.360. The molecule has 0 aliphatic carbocycles. The lowest BCUT2D eigenvalue weighted by atomic mass is 10.1. The smallest absolute Gasteiger partial charge is 0.254 e. The van der Waals surface area contributed by atoms with Crippen LogP contribution in [-0.2, 0) is 13.2 Å². The molecule has 1 heterocycles. The van der Waals surface area contributed by atoms with E-state index in [-0.39, 0.29) is 11.9 Å². The maximum atomic E-state index is 13.1. The second-order valence-corrected chi connectivity index (χ2v) is 9.30. The molecule has 2 aromatic carbocycles. The molecule has 0 saturated heterocycles. The first-order valence-electron chi connectivity index (χ1n) is 10.5. The SMILES string of the molecule is CCC(C)N(Cc1csc(COc2cc(C)cc(C)c2C)n1)C(=O)c1ccc(Cl)cc1. The highest BCUT2D eigenvalue weighted by Crippen LogP contribution is 2.25. The summed E-state index contributed by atoms with van der Waals surface area (Å²) in [6.45, 7) is 11.3. The fourth-order valence-corrected chi connectivity index (χ4v) is 4.18. The number of hydrogen-bond acceptors (Lipinski definition) is 4. The Morgan fingerprint density at radius 3 is 2.58 bits per heavy atom. The van der Waals surface area contributed by atoms with Crippen LogP contribution in [0.1, 0.15) is 58.0 Å². The summed E-state index contributed by atoms with van der Waals surface area (Å²) in [6.07, 6.45) is 0.866. The summed E-state index contributed by atoms with van der Waals surface area (Å²) in [6, 6.07) is 11.4. The van der Waals surface area contributed by atoms with Crippen molar-refractivity contribution in [1.29, 1.82) is 0 Å². The Kier molecular flexibility index (Phi) is 7.74. The summed E-state index contributed by atoms with van der Waals surface area (Å²) < 4.78 is 6.05. The van der Waals surface area contributed by atoms with Gasteiger partial charge in [-0.15, -0.1) is 11.3 Å². The van der Waals surface area contributed by atoms with Gasteiger partial charge in [-0.25, -0.2) is 4.98 Å². The molecule has 164 valence electrons. The van der Waals surface area contributed by atoms with Gasteiger partial charge in [0.1, 0.15) is 17.4 Å². The van der Waals surface area contributed by atoms with Crippen molar-refractivity contribution >= 4 is 28.8 Å². The third-order valence-corrected chi connectivity index (χ3v) is 6.64. The van der Waals surface area contributed by atoms with Gasteiger partial charge in [0.15, 0.2) is 0 Å². The van der Waals surface area contributed by atoms with Gasteiger partial charge in [-0.1, -0.05) is 24.6 Å². The number of aromatic nitrogens is 1. The number of carbonyl (C=O) groups is 1. The van der Waals surface area contributed by atoms with E-state index in [2.05, 4.69) is 46.8 Å². The Labute approximate surface area is 193 Å². The lowest BCUT2D eigenvalue weighted by Crippen LogP contribution is -2.37. The molecule has 0 saturated carbocycles. The molecule has 4 nitrogen and oxygen atoms in total. The molecular formula is C25H29ClN2O2S. The van der Waals surface area contributed by atoms with Gasteiger partial charge in [0.2, 0.25) is 0 Å². The van der Waals surface area contributed by atoms with Gasteiger partial charge in [0, 0.05) is 22.0 Å². The van der Waals surface area contributed by atoms with Crippen LogP contribution in [0, 0.1) is 20.8 Å². The van der Waals surface area contributed by atoms with E-state index < -0.39 is 0 Å². The lowest BCUT2D eigenvalue weighted by molar-refractivity contribution is 0.0669. The second-order valence-electron chi connectivity index (χ2n) is 7.92. The second kappa shape index (κ2) is 10.3. The van der Waals surface area contributed by atoms with E-state index in [1.165, 1.54) is 11.1 Å². The summed E-state index contributed by atoms with van der Waals surface area (Å²) in [5.41, 5.74) is 5.07. The van der Waals surface area contributed by atoms with E-state index in [9.17, 15) is 4.79 Å². The van der Waals surface area contributed by atoms with Gasteiger partial charge in [-0.05, 0) is 81.1 Å². The Morgan fingerprint density at radius 2 is 1.90 bits per heavy atom.